The van der Waals surface area contributed by atoms with Gasteiger partial charge >= 0.3 is 0 Å². The summed E-state index contributed by atoms with van der Waals surface area (Å²) in [6.07, 6.45) is 2.90. The van der Waals surface area contributed by atoms with Crippen LogP contribution in [0.5, 0.6) is 0 Å². The Kier molecular flexibility index (Phi) is 4.20. The van der Waals surface area contributed by atoms with Gasteiger partial charge in [0.1, 0.15) is 0 Å². The molecule has 0 aromatic carbocycles. The Labute approximate surface area is 82.7 Å². The van der Waals surface area contributed by atoms with Crippen molar-refractivity contribution in [2.75, 3.05) is 27.2 Å². The second-order valence-corrected chi connectivity index (χ2v) is 4.68. The van der Waals surface area contributed by atoms with E-state index in [2.05, 4.69) is 31.1 Å². The van der Waals surface area contributed by atoms with Crippen LogP contribution < -0.4 is 5.32 Å². The van der Waals surface area contributed by atoms with Gasteiger partial charge in [0.25, 0.3) is 0 Å². The first kappa shape index (κ1) is 11.0. The molecule has 0 amide bonds. The van der Waals surface area contributed by atoms with Crippen molar-refractivity contribution in [3.8, 4) is 0 Å². The fraction of sp³-hybridized carbons (Fsp3) is 1.00. The minimum atomic E-state index is 0.760. The highest BCUT2D eigenvalue weighted by Crippen LogP contribution is 2.34. The van der Waals surface area contributed by atoms with Gasteiger partial charge in [0.15, 0.2) is 0 Å². The van der Waals surface area contributed by atoms with Crippen molar-refractivity contribution in [2.45, 2.75) is 32.7 Å². The number of nitrogens with zero attached hydrogens (tertiary/aromatic N) is 1. The highest BCUT2D eigenvalue weighted by atomic mass is 15.1. The topological polar surface area (TPSA) is 15.3 Å². The lowest BCUT2D eigenvalue weighted by atomic mass is 10.1. The zero-order valence-corrected chi connectivity index (χ0v) is 9.51. The monoisotopic (exact) mass is 184 g/mol. The lowest BCUT2D eigenvalue weighted by Gasteiger charge is -2.27. The predicted octanol–water partition coefficient (Wildman–Crippen LogP) is 1.57. The largest absolute Gasteiger partial charge is 0.319 e. The van der Waals surface area contributed by atoms with Crippen LogP contribution in [0.15, 0.2) is 0 Å². The van der Waals surface area contributed by atoms with Crippen molar-refractivity contribution in [1.29, 1.82) is 0 Å². The van der Waals surface area contributed by atoms with Gasteiger partial charge in [-0.15, -0.1) is 0 Å². The molecule has 2 heteroatoms. The Morgan fingerprint density at radius 2 is 2.00 bits per heavy atom. The van der Waals surface area contributed by atoms with Crippen LogP contribution in [0, 0.1) is 11.8 Å². The Hall–Kier alpha value is -0.0800. The zero-order valence-electron chi connectivity index (χ0n) is 9.51. The average Bonchev–Trinajstić information content (AvgIpc) is 2.85. The van der Waals surface area contributed by atoms with Gasteiger partial charge in [-0.05, 0) is 52.2 Å². The van der Waals surface area contributed by atoms with E-state index >= 15 is 0 Å². The van der Waals surface area contributed by atoms with Gasteiger partial charge in [-0.1, -0.05) is 6.92 Å². The number of rotatable bonds is 6. The summed E-state index contributed by atoms with van der Waals surface area (Å²) in [4.78, 5) is 2.51. The summed E-state index contributed by atoms with van der Waals surface area (Å²) in [5, 5.41) is 3.23. The molecule has 0 bridgehead atoms. The average molecular weight is 184 g/mol. The number of hydrogen-bond donors (Lipinski definition) is 1. The molecule has 2 atom stereocenters. The summed E-state index contributed by atoms with van der Waals surface area (Å²) in [5.41, 5.74) is 0. The molecule has 1 rings (SSSR count). The van der Waals surface area contributed by atoms with Crippen LogP contribution in [-0.2, 0) is 0 Å². The van der Waals surface area contributed by atoms with Crippen LogP contribution in [0.4, 0.5) is 0 Å². The Bertz CT molecular complexity index is 143. The first-order valence-electron chi connectivity index (χ1n) is 5.50. The number of hydrogen-bond acceptors (Lipinski definition) is 2. The molecule has 13 heavy (non-hydrogen) atoms. The van der Waals surface area contributed by atoms with Crippen molar-refractivity contribution in [3.63, 3.8) is 0 Å². The van der Waals surface area contributed by atoms with Gasteiger partial charge in [-0.25, -0.2) is 0 Å². The molecule has 0 aromatic rings. The molecule has 2 unspecified atom stereocenters. The van der Waals surface area contributed by atoms with E-state index in [0.29, 0.717) is 0 Å². The van der Waals surface area contributed by atoms with E-state index in [1.54, 1.807) is 0 Å². The first-order chi connectivity index (χ1) is 6.15. The molecule has 0 radical (unpaired) electrons. The van der Waals surface area contributed by atoms with Crippen molar-refractivity contribution in [1.82, 2.24) is 10.2 Å². The third-order valence-electron chi connectivity index (χ3n) is 3.15. The van der Waals surface area contributed by atoms with Gasteiger partial charge in [0.05, 0.1) is 0 Å². The normalized spacial score (nSPS) is 21.9. The third kappa shape index (κ3) is 3.65. The van der Waals surface area contributed by atoms with Crippen LogP contribution in [0.25, 0.3) is 0 Å². The summed E-state index contributed by atoms with van der Waals surface area (Å²) in [6.45, 7) is 7.02. The van der Waals surface area contributed by atoms with Gasteiger partial charge in [-0.2, -0.15) is 0 Å². The molecule has 0 saturated heterocycles. The zero-order chi connectivity index (χ0) is 9.84. The van der Waals surface area contributed by atoms with Crippen molar-refractivity contribution >= 4 is 0 Å². The fourth-order valence-corrected chi connectivity index (χ4v) is 2.01. The van der Waals surface area contributed by atoms with Gasteiger partial charge in [0, 0.05) is 12.6 Å². The number of nitrogens with one attached hydrogen (secondary N) is 1. The van der Waals surface area contributed by atoms with Crippen LogP contribution >= 0.6 is 0 Å². The Balaban J connectivity index is 2.18. The molecule has 0 heterocycles. The van der Waals surface area contributed by atoms with E-state index in [0.717, 1.165) is 24.4 Å². The second kappa shape index (κ2) is 4.97. The SMILES string of the molecule is CNCC(C)CN(C)C(C)C1CC1. The van der Waals surface area contributed by atoms with E-state index in [1.807, 2.05) is 7.05 Å². The molecular weight excluding hydrogens is 160 g/mol. The molecule has 2 nitrogen and oxygen atoms in total. The molecule has 1 saturated carbocycles. The predicted molar refractivity (Wildman–Crippen MR) is 57.9 cm³/mol. The molecule has 1 aliphatic carbocycles. The molecular formula is C11H24N2. The molecule has 1 aliphatic rings. The summed E-state index contributed by atoms with van der Waals surface area (Å²) < 4.78 is 0. The van der Waals surface area contributed by atoms with E-state index < -0.39 is 0 Å². The van der Waals surface area contributed by atoms with Crippen LogP contribution in [0.2, 0.25) is 0 Å². The summed E-state index contributed by atoms with van der Waals surface area (Å²) in [5.74, 6) is 1.75. The molecule has 0 aromatic heterocycles. The third-order valence-corrected chi connectivity index (χ3v) is 3.15. The van der Waals surface area contributed by atoms with Crippen molar-refractivity contribution in [3.05, 3.63) is 0 Å². The smallest absolute Gasteiger partial charge is 0.00922 e. The van der Waals surface area contributed by atoms with Crippen molar-refractivity contribution in [2.24, 2.45) is 11.8 Å². The molecule has 1 N–H and O–H groups in total. The van der Waals surface area contributed by atoms with Crippen LogP contribution in [0.1, 0.15) is 26.7 Å². The quantitative estimate of drug-likeness (QED) is 0.674. The molecule has 78 valence electrons. The highest BCUT2D eigenvalue weighted by Gasteiger charge is 2.30. The first-order valence-corrected chi connectivity index (χ1v) is 5.50. The van der Waals surface area contributed by atoms with E-state index in [-0.39, 0.29) is 0 Å². The van der Waals surface area contributed by atoms with E-state index in [4.69, 9.17) is 0 Å². The summed E-state index contributed by atoms with van der Waals surface area (Å²) >= 11 is 0. The Morgan fingerprint density at radius 1 is 1.38 bits per heavy atom. The fourth-order valence-electron chi connectivity index (χ4n) is 2.01. The highest BCUT2D eigenvalue weighted by molar-refractivity contribution is 4.84. The maximum Gasteiger partial charge on any atom is 0.00922 e. The van der Waals surface area contributed by atoms with Crippen LogP contribution in [-0.4, -0.2) is 38.1 Å². The Morgan fingerprint density at radius 3 is 2.46 bits per heavy atom. The van der Waals surface area contributed by atoms with E-state index in [9.17, 15) is 0 Å². The minimum Gasteiger partial charge on any atom is -0.319 e. The van der Waals surface area contributed by atoms with Gasteiger partial charge in [0.2, 0.25) is 0 Å². The molecule has 1 fully saturated rings. The second-order valence-electron chi connectivity index (χ2n) is 4.68. The molecule has 0 aliphatic heterocycles. The lowest BCUT2D eigenvalue weighted by Crippen LogP contribution is -2.36. The van der Waals surface area contributed by atoms with Crippen LogP contribution in [0.3, 0.4) is 0 Å². The van der Waals surface area contributed by atoms with Crippen molar-refractivity contribution < 1.29 is 0 Å². The molecule has 0 spiro atoms. The lowest BCUT2D eigenvalue weighted by molar-refractivity contribution is 0.204. The minimum absolute atomic E-state index is 0.760. The van der Waals surface area contributed by atoms with Gasteiger partial charge in [-0.3, -0.25) is 0 Å². The maximum absolute atomic E-state index is 3.23. The van der Waals surface area contributed by atoms with E-state index in [1.165, 1.54) is 19.4 Å². The summed E-state index contributed by atoms with van der Waals surface area (Å²) in [6, 6.07) is 0.791. The summed E-state index contributed by atoms with van der Waals surface area (Å²) in [7, 11) is 4.29. The standard InChI is InChI=1S/C11H24N2/c1-9(7-12-3)8-13(4)10(2)11-5-6-11/h9-12H,5-8H2,1-4H3. The van der Waals surface area contributed by atoms with Gasteiger partial charge < -0.3 is 10.2 Å². The maximum atomic E-state index is 3.23.